The molecule has 26 heavy (non-hydrogen) atoms. The number of ether oxygens (including phenoxy) is 1. The fraction of sp³-hybridized carbons (Fsp3) is 0.450. The highest BCUT2D eigenvalue weighted by molar-refractivity contribution is 5.68. The van der Waals surface area contributed by atoms with Gasteiger partial charge in [-0.1, -0.05) is 24.3 Å². The van der Waals surface area contributed by atoms with E-state index >= 15 is 0 Å². The van der Waals surface area contributed by atoms with E-state index in [1.54, 1.807) is 6.33 Å². The number of hydrogen-bond donors (Lipinski definition) is 1. The van der Waals surface area contributed by atoms with Gasteiger partial charge >= 0.3 is 6.09 Å². The molecule has 1 heterocycles. The zero-order chi connectivity index (χ0) is 18.7. The summed E-state index contributed by atoms with van der Waals surface area (Å²) in [5.41, 5.74) is 2.43. The van der Waals surface area contributed by atoms with E-state index in [9.17, 15) is 4.79 Å². The molecule has 0 atom stereocenters. The zero-order valence-corrected chi connectivity index (χ0v) is 15.8. The summed E-state index contributed by atoms with van der Waals surface area (Å²) in [5.74, 6) is 0.952. The fourth-order valence-corrected chi connectivity index (χ4v) is 2.63. The summed E-state index contributed by atoms with van der Waals surface area (Å²) in [7, 11) is 2.08. The van der Waals surface area contributed by atoms with Crippen LogP contribution in [0.5, 0.6) is 0 Å². The maximum absolute atomic E-state index is 11.7. The average molecular weight is 354 g/mol. The van der Waals surface area contributed by atoms with Crippen LogP contribution in [-0.2, 0) is 11.3 Å². The number of alkyl carbamates (subject to hydrolysis) is 1. The number of aromatic nitrogens is 2. The summed E-state index contributed by atoms with van der Waals surface area (Å²) in [6, 6.07) is 10.6. The summed E-state index contributed by atoms with van der Waals surface area (Å²) < 4.78 is 5.24. The maximum atomic E-state index is 11.7. The quantitative estimate of drug-likeness (QED) is 0.885. The van der Waals surface area contributed by atoms with E-state index in [0.29, 0.717) is 12.6 Å². The van der Waals surface area contributed by atoms with Crippen LogP contribution < -0.4 is 10.2 Å². The molecular weight excluding hydrogens is 328 g/mol. The largest absolute Gasteiger partial charge is 0.444 e. The minimum Gasteiger partial charge on any atom is -0.444 e. The van der Waals surface area contributed by atoms with Crippen LogP contribution in [0, 0.1) is 0 Å². The Bertz CT molecular complexity index is 764. The van der Waals surface area contributed by atoms with Crippen molar-refractivity contribution in [1.29, 1.82) is 0 Å². The molecule has 6 nitrogen and oxygen atoms in total. The van der Waals surface area contributed by atoms with Gasteiger partial charge in [0.1, 0.15) is 17.7 Å². The molecule has 1 aliphatic rings. The second-order valence-electron chi connectivity index (χ2n) is 7.66. The van der Waals surface area contributed by atoms with Crippen LogP contribution in [0.15, 0.2) is 36.7 Å². The van der Waals surface area contributed by atoms with E-state index in [0.717, 1.165) is 22.6 Å². The number of carbonyl (C=O) groups excluding carboxylic acids is 1. The monoisotopic (exact) mass is 354 g/mol. The van der Waals surface area contributed by atoms with Crippen molar-refractivity contribution in [3.8, 4) is 11.3 Å². The summed E-state index contributed by atoms with van der Waals surface area (Å²) in [6.45, 7) is 5.96. The molecular formula is C20H26N4O2. The van der Waals surface area contributed by atoms with Crippen LogP contribution in [0.3, 0.4) is 0 Å². The Kier molecular flexibility index (Phi) is 5.11. The molecule has 1 aromatic heterocycles. The number of nitrogens with one attached hydrogen (secondary N) is 1. The first-order chi connectivity index (χ1) is 12.3. The Morgan fingerprint density at radius 1 is 1.23 bits per heavy atom. The van der Waals surface area contributed by atoms with Crippen LogP contribution in [0.4, 0.5) is 10.6 Å². The molecule has 2 aromatic rings. The van der Waals surface area contributed by atoms with Crippen molar-refractivity contribution >= 4 is 11.9 Å². The maximum Gasteiger partial charge on any atom is 0.407 e. The van der Waals surface area contributed by atoms with E-state index in [1.807, 2.05) is 51.1 Å². The lowest BCUT2D eigenvalue weighted by atomic mass is 10.1. The van der Waals surface area contributed by atoms with Gasteiger partial charge in [-0.25, -0.2) is 14.8 Å². The molecule has 3 rings (SSSR count). The van der Waals surface area contributed by atoms with Crippen LogP contribution >= 0.6 is 0 Å². The Hall–Kier alpha value is -2.63. The third kappa shape index (κ3) is 4.94. The molecule has 1 aromatic carbocycles. The molecule has 0 unspecified atom stereocenters. The summed E-state index contributed by atoms with van der Waals surface area (Å²) in [6.07, 6.45) is 3.66. The van der Waals surface area contributed by atoms with Gasteiger partial charge in [-0.15, -0.1) is 0 Å². The van der Waals surface area contributed by atoms with Gasteiger partial charge in [-0.05, 0) is 39.2 Å². The highest BCUT2D eigenvalue weighted by atomic mass is 16.6. The molecule has 1 aliphatic carbocycles. The number of amides is 1. The average Bonchev–Trinajstić information content (AvgIpc) is 3.43. The van der Waals surface area contributed by atoms with E-state index < -0.39 is 11.7 Å². The van der Waals surface area contributed by atoms with Gasteiger partial charge in [0.2, 0.25) is 0 Å². The van der Waals surface area contributed by atoms with Crippen LogP contribution in [0.2, 0.25) is 0 Å². The van der Waals surface area contributed by atoms with Crippen LogP contribution in [0.25, 0.3) is 11.3 Å². The first-order valence-electron chi connectivity index (χ1n) is 8.93. The molecule has 1 saturated carbocycles. The molecule has 1 N–H and O–H groups in total. The Labute approximate surface area is 154 Å². The van der Waals surface area contributed by atoms with Crippen LogP contribution in [0.1, 0.15) is 39.2 Å². The molecule has 0 bridgehead atoms. The second kappa shape index (κ2) is 7.32. The molecule has 138 valence electrons. The number of carbonyl (C=O) groups is 1. The molecule has 0 aliphatic heterocycles. The summed E-state index contributed by atoms with van der Waals surface area (Å²) in [4.78, 5) is 22.7. The number of hydrogen-bond acceptors (Lipinski definition) is 5. The van der Waals surface area contributed by atoms with Gasteiger partial charge in [-0.2, -0.15) is 0 Å². The van der Waals surface area contributed by atoms with Gasteiger partial charge in [-0.3, -0.25) is 0 Å². The van der Waals surface area contributed by atoms with Gasteiger partial charge in [0.15, 0.2) is 0 Å². The van der Waals surface area contributed by atoms with Gasteiger partial charge in [0.25, 0.3) is 0 Å². The number of rotatable bonds is 5. The Morgan fingerprint density at radius 2 is 1.92 bits per heavy atom. The predicted octanol–water partition coefficient (Wildman–Crippen LogP) is 3.77. The van der Waals surface area contributed by atoms with Crippen molar-refractivity contribution in [3.63, 3.8) is 0 Å². The smallest absolute Gasteiger partial charge is 0.407 e. The predicted molar refractivity (Wildman–Crippen MR) is 102 cm³/mol. The number of benzene rings is 1. The van der Waals surface area contributed by atoms with Crippen molar-refractivity contribution in [3.05, 3.63) is 42.2 Å². The standard InChI is InChI=1S/C20H26N4O2/c1-20(2,3)26-19(25)21-12-14-5-7-15(8-6-14)17-11-18(23-13-22-17)24(4)16-9-10-16/h5-8,11,13,16H,9-10,12H2,1-4H3,(H,21,25). The number of nitrogens with zero attached hydrogens (tertiary/aromatic N) is 3. The minimum absolute atomic E-state index is 0.412. The van der Waals surface area contributed by atoms with Crippen molar-refractivity contribution in [2.75, 3.05) is 11.9 Å². The topological polar surface area (TPSA) is 67.4 Å². The first kappa shape index (κ1) is 18.2. The summed E-state index contributed by atoms with van der Waals surface area (Å²) >= 11 is 0. The second-order valence-corrected chi connectivity index (χ2v) is 7.66. The van der Waals surface area contributed by atoms with Crippen molar-refractivity contribution in [2.45, 2.75) is 51.8 Å². The van der Waals surface area contributed by atoms with E-state index in [2.05, 4.69) is 27.2 Å². The summed E-state index contributed by atoms with van der Waals surface area (Å²) in [5, 5.41) is 2.76. The fourth-order valence-electron chi connectivity index (χ4n) is 2.63. The van der Waals surface area contributed by atoms with Crippen molar-refractivity contribution in [1.82, 2.24) is 15.3 Å². The minimum atomic E-state index is -0.494. The van der Waals surface area contributed by atoms with Crippen LogP contribution in [-0.4, -0.2) is 34.8 Å². The van der Waals surface area contributed by atoms with E-state index in [-0.39, 0.29) is 0 Å². The molecule has 6 heteroatoms. The molecule has 0 radical (unpaired) electrons. The van der Waals surface area contributed by atoms with Crippen molar-refractivity contribution < 1.29 is 9.53 Å². The lowest BCUT2D eigenvalue weighted by Crippen LogP contribution is -2.32. The molecule has 1 fully saturated rings. The third-order valence-electron chi connectivity index (χ3n) is 4.19. The van der Waals surface area contributed by atoms with Gasteiger partial charge in [0, 0.05) is 31.3 Å². The SMILES string of the molecule is CN(c1cc(-c2ccc(CNC(=O)OC(C)(C)C)cc2)ncn1)C1CC1. The first-order valence-corrected chi connectivity index (χ1v) is 8.93. The molecule has 1 amide bonds. The van der Waals surface area contributed by atoms with E-state index in [1.165, 1.54) is 12.8 Å². The van der Waals surface area contributed by atoms with Gasteiger partial charge < -0.3 is 15.0 Å². The van der Waals surface area contributed by atoms with Gasteiger partial charge in [0.05, 0.1) is 5.69 Å². The number of anilines is 1. The highest BCUT2D eigenvalue weighted by Crippen LogP contribution is 2.30. The molecule has 0 saturated heterocycles. The zero-order valence-electron chi connectivity index (χ0n) is 15.8. The Morgan fingerprint density at radius 3 is 2.54 bits per heavy atom. The lowest BCUT2D eigenvalue weighted by molar-refractivity contribution is 0.0523. The highest BCUT2D eigenvalue weighted by Gasteiger charge is 2.27. The lowest BCUT2D eigenvalue weighted by Gasteiger charge is -2.19. The third-order valence-corrected chi connectivity index (χ3v) is 4.19. The molecule has 0 spiro atoms. The van der Waals surface area contributed by atoms with E-state index in [4.69, 9.17) is 4.74 Å². The van der Waals surface area contributed by atoms with Crippen molar-refractivity contribution in [2.24, 2.45) is 0 Å². The Balaban J connectivity index is 1.62. The normalized spacial score (nSPS) is 14.0.